The van der Waals surface area contributed by atoms with Gasteiger partial charge in [0.25, 0.3) is 0 Å². The first-order valence-corrected chi connectivity index (χ1v) is 12.3. The Labute approximate surface area is 186 Å². The average molecular weight is 637 g/mol. The zero-order valence-corrected chi connectivity index (χ0v) is 21.1. The Bertz CT molecular complexity index is 791. The lowest BCUT2D eigenvalue weighted by Crippen LogP contribution is -2.08. The molecule has 0 aliphatic carbocycles. The molecule has 1 atom stereocenters. The van der Waals surface area contributed by atoms with Crippen molar-refractivity contribution in [3.63, 3.8) is 0 Å². The Morgan fingerprint density at radius 1 is 0.885 bits per heavy atom. The molecule has 0 saturated heterocycles. The second-order valence-corrected chi connectivity index (χ2v) is 9.66. The minimum absolute atomic E-state index is 0.214. The highest BCUT2D eigenvalue weighted by Gasteiger charge is 2.31. The van der Waals surface area contributed by atoms with E-state index in [0.29, 0.717) is 41.7 Å². The lowest BCUT2D eigenvalue weighted by molar-refractivity contribution is 0.282. The molecular formula is C16H16Br4NO4P. The molecule has 0 aliphatic heterocycles. The predicted molar refractivity (Wildman–Crippen MR) is 118 cm³/mol. The van der Waals surface area contributed by atoms with Crippen molar-refractivity contribution in [1.82, 2.24) is 0 Å². The van der Waals surface area contributed by atoms with E-state index in [1.54, 1.807) is 19.1 Å². The van der Waals surface area contributed by atoms with E-state index >= 15 is 0 Å². The summed E-state index contributed by atoms with van der Waals surface area (Å²) in [6.07, 6.45) is 0. The number of halogens is 4. The highest BCUT2D eigenvalue weighted by atomic mass is 79.9. The number of para-hydroxylation sites is 1. The minimum atomic E-state index is -3.68. The van der Waals surface area contributed by atoms with Crippen molar-refractivity contribution in [2.45, 2.75) is 13.8 Å². The summed E-state index contributed by atoms with van der Waals surface area (Å²) in [6, 6.07) is 9.08. The number of benzene rings is 2. The summed E-state index contributed by atoms with van der Waals surface area (Å²) in [5, 5.41) is 2.85. The molecule has 2 aromatic carbocycles. The highest BCUT2D eigenvalue weighted by molar-refractivity contribution is 9.14. The number of anilines is 1. The standard InChI is InChI=1S/C16H16Br4NO4P/c1-3-23-15-11(17)13(19)16(14(20)12(15)18)25-26(22,24-4-2)21-10-8-6-5-7-9-10/h5-9H,3-4H2,1-2H3,(H,21,22). The Morgan fingerprint density at radius 2 is 1.42 bits per heavy atom. The molecular weight excluding hydrogens is 621 g/mol. The van der Waals surface area contributed by atoms with Gasteiger partial charge in [0.1, 0.15) is 5.75 Å². The van der Waals surface area contributed by atoms with E-state index in [1.807, 2.05) is 25.1 Å². The van der Waals surface area contributed by atoms with Gasteiger partial charge in [-0.1, -0.05) is 18.2 Å². The first-order valence-electron chi connectivity index (χ1n) is 7.59. The highest BCUT2D eigenvalue weighted by Crippen LogP contribution is 2.56. The number of rotatable bonds is 8. The molecule has 142 valence electrons. The number of hydrogen-bond acceptors (Lipinski definition) is 4. The summed E-state index contributed by atoms with van der Waals surface area (Å²) < 4.78 is 32.5. The smallest absolute Gasteiger partial charge is 0.486 e. The third-order valence-corrected chi connectivity index (χ3v) is 8.67. The molecule has 26 heavy (non-hydrogen) atoms. The van der Waals surface area contributed by atoms with E-state index in [-0.39, 0.29) is 6.61 Å². The second kappa shape index (κ2) is 9.94. The van der Waals surface area contributed by atoms with Crippen molar-refractivity contribution in [1.29, 1.82) is 0 Å². The van der Waals surface area contributed by atoms with Gasteiger partial charge in [0, 0.05) is 5.69 Å². The first-order chi connectivity index (χ1) is 12.3. The van der Waals surface area contributed by atoms with Crippen molar-refractivity contribution < 1.29 is 18.3 Å². The van der Waals surface area contributed by atoms with Gasteiger partial charge in [0.05, 0.1) is 31.1 Å². The van der Waals surface area contributed by atoms with Crippen LogP contribution in [0.1, 0.15) is 13.8 Å². The van der Waals surface area contributed by atoms with Crippen LogP contribution >= 0.6 is 71.5 Å². The number of ether oxygens (including phenoxy) is 1. The molecule has 0 amide bonds. The van der Waals surface area contributed by atoms with Crippen LogP contribution in [0.3, 0.4) is 0 Å². The van der Waals surface area contributed by atoms with Gasteiger partial charge in [-0.25, -0.2) is 4.57 Å². The maximum absolute atomic E-state index is 13.2. The second-order valence-electron chi connectivity index (χ2n) is 4.83. The number of hydrogen-bond donors (Lipinski definition) is 1. The molecule has 0 spiro atoms. The van der Waals surface area contributed by atoms with Crippen LogP contribution in [0.2, 0.25) is 0 Å². The molecule has 5 nitrogen and oxygen atoms in total. The fraction of sp³-hybridized carbons (Fsp3) is 0.250. The van der Waals surface area contributed by atoms with Crippen LogP contribution < -0.4 is 14.3 Å². The minimum Gasteiger partial charge on any atom is -0.491 e. The molecule has 2 rings (SSSR count). The molecule has 2 aromatic rings. The lowest BCUT2D eigenvalue weighted by atomic mass is 10.3. The van der Waals surface area contributed by atoms with Gasteiger partial charge >= 0.3 is 7.75 Å². The zero-order chi connectivity index (χ0) is 19.3. The van der Waals surface area contributed by atoms with Crippen molar-refractivity contribution in [3.05, 3.63) is 48.2 Å². The van der Waals surface area contributed by atoms with Gasteiger partial charge in [-0.15, -0.1) is 0 Å². The molecule has 0 saturated carbocycles. The van der Waals surface area contributed by atoms with Crippen LogP contribution in [0.15, 0.2) is 48.2 Å². The van der Waals surface area contributed by atoms with Crippen molar-refractivity contribution in [2.75, 3.05) is 18.3 Å². The zero-order valence-electron chi connectivity index (χ0n) is 13.9. The van der Waals surface area contributed by atoms with Gasteiger partial charge in [-0.3, -0.25) is 9.61 Å². The van der Waals surface area contributed by atoms with Crippen molar-refractivity contribution in [3.8, 4) is 11.5 Å². The molecule has 0 aliphatic rings. The van der Waals surface area contributed by atoms with Crippen LogP contribution in [0.4, 0.5) is 5.69 Å². The average Bonchev–Trinajstić information content (AvgIpc) is 2.62. The Balaban J connectivity index is 2.44. The molecule has 0 bridgehead atoms. The molecule has 0 heterocycles. The Kier molecular flexibility index (Phi) is 8.50. The van der Waals surface area contributed by atoms with Crippen LogP contribution in [0.5, 0.6) is 11.5 Å². The normalized spacial score (nSPS) is 13.2. The maximum atomic E-state index is 13.2. The summed E-state index contributed by atoms with van der Waals surface area (Å²) in [5.41, 5.74) is 0.626. The van der Waals surface area contributed by atoms with Gasteiger partial charge in [-0.05, 0) is 89.7 Å². The molecule has 1 unspecified atom stereocenters. The molecule has 0 radical (unpaired) electrons. The Hall–Kier alpha value is -0.0500. The van der Waals surface area contributed by atoms with Crippen LogP contribution in [0.25, 0.3) is 0 Å². The van der Waals surface area contributed by atoms with E-state index in [0.717, 1.165) is 0 Å². The molecule has 0 aromatic heterocycles. The monoisotopic (exact) mass is 633 g/mol. The maximum Gasteiger partial charge on any atom is 0.486 e. The topological polar surface area (TPSA) is 56.8 Å². The van der Waals surface area contributed by atoms with Gasteiger partial charge < -0.3 is 9.26 Å². The van der Waals surface area contributed by atoms with E-state index in [4.69, 9.17) is 13.8 Å². The lowest BCUT2D eigenvalue weighted by Gasteiger charge is -2.23. The quantitative estimate of drug-likeness (QED) is 0.237. The summed E-state index contributed by atoms with van der Waals surface area (Å²) in [7, 11) is -3.68. The molecule has 0 fully saturated rings. The van der Waals surface area contributed by atoms with E-state index in [9.17, 15) is 4.57 Å². The van der Waals surface area contributed by atoms with E-state index < -0.39 is 7.75 Å². The fourth-order valence-electron chi connectivity index (χ4n) is 1.99. The third-order valence-electron chi connectivity index (χ3n) is 3.02. The van der Waals surface area contributed by atoms with Crippen LogP contribution in [-0.4, -0.2) is 13.2 Å². The van der Waals surface area contributed by atoms with Gasteiger partial charge in [0.15, 0.2) is 5.75 Å². The largest absolute Gasteiger partial charge is 0.491 e. The number of nitrogens with one attached hydrogen (secondary N) is 1. The summed E-state index contributed by atoms with van der Waals surface area (Å²) in [6.45, 7) is 4.34. The molecule has 10 heteroatoms. The summed E-state index contributed by atoms with van der Waals surface area (Å²) >= 11 is 13.9. The fourth-order valence-corrected chi connectivity index (χ4v) is 6.06. The Morgan fingerprint density at radius 3 is 1.92 bits per heavy atom. The van der Waals surface area contributed by atoms with Crippen LogP contribution in [-0.2, 0) is 9.09 Å². The van der Waals surface area contributed by atoms with Crippen molar-refractivity contribution >= 4 is 77.2 Å². The summed E-state index contributed by atoms with van der Waals surface area (Å²) in [4.78, 5) is 0. The SMILES string of the molecule is CCOc1c(Br)c(Br)c(OP(=O)(Nc2ccccc2)OCC)c(Br)c1Br. The van der Waals surface area contributed by atoms with E-state index in [2.05, 4.69) is 68.8 Å². The first kappa shape index (κ1) is 22.2. The third kappa shape index (κ3) is 5.26. The summed E-state index contributed by atoms with van der Waals surface area (Å²) in [5.74, 6) is 0.910. The predicted octanol–water partition coefficient (Wildman–Crippen LogP) is 7.77. The molecule has 1 N–H and O–H groups in total. The van der Waals surface area contributed by atoms with E-state index in [1.165, 1.54) is 0 Å². The van der Waals surface area contributed by atoms with Crippen LogP contribution in [0, 0.1) is 0 Å². The van der Waals surface area contributed by atoms with Crippen molar-refractivity contribution in [2.24, 2.45) is 0 Å². The van der Waals surface area contributed by atoms with Gasteiger partial charge in [-0.2, -0.15) is 0 Å². The van der Waals surface area contributed by atoms with Gasteiger partial charge in [0.2, 0.25) is 0 Å².